The summed E-state index contributed by atoms with van der Waals surface area (Å²) in [5.74, 6) is 1.30. The molecule has 3 nitrogen and oxygen atoms in total. The van der Waals surface area contributed by atoms with Crippen LogP contribution in [0.4, 0.5) is 0 Å². The van der Waals surface area contributed by atoms with E-state index in [9.17, 15) is 0 Å². The van der Waals surface area contributed by atoms with E-state index >= 15 is 0 Å². The molecule has 0 unspecified atom stereocenters. The number of aromatic nitrogens is 1. The summed E-state index contributed by atoms with van der Waals surface area (Å²) >= 11 is 3.39. The molecule has 4 heteroatoms. The summed E-state index contributed by atoms with van der Waals surface area (Å²) in [6.45, 7) is 5.99. The van der Waals surface area contributed by atoms with Gasteiger partial charge in [0.05, 0.1) is 6.10 Å². The Morgan fingerprint density at radius 3 is 2.62 bits per heavy atom. The van der Waals surface area contributed by atoms with Gasteiger partial charge in [-0.05, 0) is 49.5 Å². The molecule has 0 spiro atoms. The topological polar surface area (TPSA) is 31.4 Å². The summed E-state index contributed by atoms with van der Waals surface area (Å²) < 4.78 is 12.4. The van der Waals surface area contributed by atoms with E-state index < -0.39 is 0 Å². The first-order valence-electron chi connectivity index (χ1n) is 5.45. The highest BCUT2D eigenvalue weighted by Gasteiger charge is 2.26. The Hall–Kier alpha value is -0.770. The maximum absolute atomic E-state index is 5.77. The van der Waals surface area contributed by atoms with E-state index in [-0.39, 0.29) is 5.60 Å². The number of halogens is 1. The van der Waals surface area contributed by atoms with Gasteiger partial charge in [0.25, 0.3) is 5.88 Å². The van der Waals surface area contributed by atoms with E-state index in [1.54, 1.807) is 6.20 Å². The quantitative estimate of drug-likeness (QED) is 0.851. The molecule has 0 N–H and O–H groups in total. The third-order valence-corrected chi connectivity index (χ3v) is 2.44. The number of ether oxygens (including phenoxy) is 2. The number of nitrogens with zero attached hydrogens (tertiary/aromatic N) is 1. The monoisotopic (exact) mass is 285 g/mol. The van der Waals surface area contributed by atoms with Gasteiger partial charge in [-0.3, -0.25) is 0 Å². The molecule has 1 aliphatic rings. The predicted molar refractivity (Wildman–Crippen MR) is 66.0 cm³/mol. The molecule has 0 aliphatic heterocycles. The maximum Gasteiger partial charge on any atom is 0.257 e. The van der Waals surface area contributed by atoms with E-state index in [2.05, 4.69) is 20.9 Å². The van der Waals surface area contributed by atoms with Crippen LogP contribution in [0.15, 0.2) is 16.7 Å². The fourth-order valence-electron chi connectivity index (χ4n) is 1.22. The van der Waals surface area contributed by atoms with Crippen molar-refractivity contribution in [3.63, 3.8) is 0 Å². The Morgan fingerprint density at radius 1 is 1.38 bits per heavy atom. The van der Waals surface area contributed by atoms with Crippen LogP contribution in [0.3, 0.4) is 0 Å². The molecule has 1 aromatic heterocycles. The highest BCUT2D eigenvalue weighted by molar-refractivity contribution is 9.10. The SMILES string of the molecule is CC(C)(C)Oc1ncc(Br)cc1OC1CC1. The molecule has 16 heavy (non-hydrogen) atoms. The number of pyridine rings is 1. The minimum Gasteiger partial charge on any atom is -0.485 e. The van der Waals surface area contributed by atoms with E-state index in [4.69, 9.17) is 9.47 Å². The fraction of sp³-hybridized carbons (Fsp3) is 0.583. The van der Waals surface area contributed by atoms with Gasteiger partial charge >= 0.3 is 0 Å². The number of rotatable bonds is 3. The highest BCUT2D eigenvalue weighted by atomic mass is 79.9. The Morgan fingerprint density at radius 2 is 2.06 bits per heavy atom. The Bertz CT molecular complexity index is 383. The van der Waals surface area contributed by atoms with Gasteiger partial charge in [0.15, 0.2) is 5.75 Å². The van der Waals surface area contributed by atoms with Crippen LogP contribution in [0.5, 0.6) is 11.6 Å². The molecule has 0 radical (unpaired) electrons. The van der Waals surface area contributed by atoms with Gasteiger partial charge in [-0.15, -0.1) is 0 Å². The average molecular weight is 286 g/mol. The van der Waals surface area contributed by atoms with Gasteiger partial charge in [-0.25, -0.2) is 4.98 Å². The summed E-state index contributed by atoms with van der Waals surface area (Å²) in [5, 5.41) is 0. The van der Waals surface area contributed by atoms with E-state index in [0.29, 0.717) is 12.0 Å². The van der Waals surface area contributed by atoms with E-state index in [0.717, 1.165) is 23.1 Å². The summed E-state index contributed by atoms with van der Waals surface area (Å²) in [7, 11) is 0. The zero-order valence-electron chi connectivity index (χ0n) is 9.79. The van der Waals surface area contributed by atoms with Crippen molar-refractivity contribution < 1.29 is 9.47 Å². The highest BCUT2D eigenvalue weighted by Crippen LogP contribution is 2.35. The molecule has 1 fully saturated rings. The molecule has 2 rings (SSSR count). The lowest BCUT2D eigenvalue weighted by molar-refractivity contribution is 0.115. The summed E-state index contributed by atoms with van der Waals surface area (Å²) in [4.78, 5) is 4.25. The lowest BCUT2D eigenvalue weighted by Gasteiger charge is -2.22. The third-order valence-electron chi connectivity index (χ3n) is 2.01. The molecule has 0 bridgehead atoms. The van der Waals surface area contributed by atoms with Crippen molar-refractivity contribution >= 4 is 15.9 Å². The lowest BCUT2D eigenvalue weighted by Crippen LogP contribution is -2.24. The van der Waals surface area contributed by atoms with Crippen molar-refractivity contribution in [3.05, 3.63) is 16.7 Å². The van der Waals surface area contributed by atoms with Gasteiger partial charge in [-0.2, -0.15) is 0 Å². The molecule has 1 aromatic rings. The van der Waals surface area contributed by atoms with Crippen LogP contribution in [0.1, 0.15) is 33.6 Å². The van der Waals surface area contributed by atoms with Gasteiger partial charge in [-0.1, -0.05) is 0 Å². The predicted octanol–water partition coefficient (Wildman–Crippen LogP) is 3.56. The summed E-state index contributed by atoms with van der Waals surface area (Å²) in [6, 6.07) is 1.91. The second-order valence-corrected chi connectivity index (χ2v) is 5.90. The zero-order chi connectivity index (χ0) is 11.8. The molecular weight excluding hydrogens is 270 g/mol. The van der Waals surface area contributed by atoms with Gasteiger partial charge in [0.1, 0.15) is 5.60 Å². The van der Waals surface area contributed by atoms with Crippen molar-refractivity contribution in [3.8, 4) is 11.6 Å². The van der Waals surface area contributed by atoms with Crippen LogP contribution < -0.4 is 9.47 Å². The molecule has 0 saturated heterocycles. The Labute approximate surface area is 104 Å². The van der Waals surface area contributed by atoms with E-state index in [1.165, 1.54) is 0 Å². The van der Waals surface area contributed by atoms with Crippen LogP contribution in [0.25, 0.3) is 0 Å². The molecule has 1 aliphatic carbocycles. The minimum atomic E-state index is -0.261. The minimum absolute atomic E-state index is 0.261. The van der Waals surface area contributed by atoms with Crippen molar-refractivity contribution in [1.29, 1.82) is 0 Å². The zero-order valence-corrected chi connectivity index (χ0v) is 11.4. The van der Waals surface area contributed by atoms with Crippen molar-refractivity contribution in [1.82, 2.24) is 4.98 Å². The van der Waals surface area contributed by atoms with Crippen LogP contribution in [0, 0.1) is 0 Å². The first kappa shape index (κ1) is 11.7. The van der Waals surface area contributed by atoms with Crippen LogP contribution in [0.2, 0.25) is 0 Å². The third kappa shape index (κ3) is 3.37. The normalized spacial score (nSPS) is 16.0. The van der Waals surface area contributed by atoms with Gasteiger partial charge < -0.3 is 9.47 Å². The molecule has 0 aromatic carbocycles. The summed E-state index contributed by atoms with van der Waals surface area (Å²) in [5.41, 5.74) is -0.261. The number of hydrogen-bond acceptors (Lipinski definition) is 3. The molecule has 1 saturated carbocycles. The lowest BCUT2D eigenvalue weighted by atomic mass is 10.2. The van der Waals surface area contributed by atoms with Gasteiger partial charge in [0, 0.05) is 16.7 Å². The standard InChI is InChI=1S/C12H16BrNO2/c1-12(2,3)16-11-10(15-9-4-5-9)6-8(13)7-14-11/h6-7,9H,4-5H2,1-3H3. The Balaban J connectivity index is 2.20. The second kappa shape index (κ2) is 4.24. The average Bonchev–Trinajstić information content (AvgIpc) is 2.91. The Kier molecular flexibility index (Phi) is 3.10. The maximum atomic E-state index is 5.77. The van der Waals surface area contributed by atoms with E-state index in [1.807, 2.05) is 26.8 Å². The van der Waals surface area contributed by atoms with Crippen molar-refractivity contribution in [2.24, 2.45) is 0 Å². The fourth-order valence-corrected chi connectivity index (χ4v) is 1.53. The smallest absolute Gasteiger partial charge is 0.257 e. The first-order valence-corrected chi connectivity index (χ1v) is 6.24. The second-order valence-electron chi connectivity index (χ2n) is 4.99. The number of hydrogen-bond donors (Lipinski definition) is 0. The first-order chi connectivity index (χ1) is 7.44. The van der Waals surface area contributed by atoms with Crippen LogP contribution in [-0.4, -0.2) is 16.7 Å². The largest absolute Gasteiger partial charge is 0.485 e. The molecular formula is C12H16BrNO2. The van der Waals surface area contributed by atoms with Gasteiger partial charge in [0.2, 0.25) is 0 Å². The van der Waals surface area contributed by atoms with Crippen molar-refractivity contribution in [2.75, 3.05) is 0 Å². The molecule has 0 atom stereocenters. The van der Waals surface area contributed by atoms with Crippen LogP contribution in [-0.2, 0) is 0 Å². The summed E-state index contributed by atoms with van der Waals surface area (Å²) in [6.07, 6.45) is 4.32. The molecule has 1 heterocycles. The molecule has 0 amide bonds. The van der Waals surface area contributed by atoms with Crippen molar-refractivity contribution in [2.45, 2.75) is 45.3 Å². The van der Waals surface area contributed by atoms with Crippen LogP contribution >= 0.6 is 15.9 Å². The molecule has 88 valence electrons.